The average Bonchev–Trinajstić information content (AvgIpc) is 2.90. The average molecular weight is 573 g/mol. The molecule has 2 unspecified atom stereocenters. The van der Waals surface area contributed by atoms with Crippen LogP contribution in [0, 0.1) is 25.2 Å². The van der Waals surface area contributed by atoms with Gasteiger partial charge in [-0.2, -0.15) is 5.26 Å². The fourth-order valence-electron chi connectivity index (χ4n) is 4.46. The summed E-state index contributed by atoms with van der Waals surface area (Å²) < 4.78 is 5.39. The Morgan fingerprint density at radius 3 is 2.14 bits per heavy atom. The molecule has 42 heavy (non-hydrogen) atoms. The summed E-state index contributed by atoms with van der Waals surface area (Å²) in [6.45, 7) is 8.22. The van der Waals surface area contributed by atoms with E-state index in [9.17, 15) is 29.9 Å². The summed E-state index contributed by atoms with van der Waals surface area (Å²) in [4.78, 5) is 42.0. The van der Waals surface area contributed by atoms with Crippen LogP contribution in [-0.2, 0) is 20.7 Å². The monoisotopic (exact) mass is 572 g/mol. The SMILES string of the molecule is Cc1cccc(C)c1NC(=O)C(c1cccc(O)c1)N(CC#N)C(=O)C(Cc1ccc(O)cc1)NC(=O)OC(C)(C)C. The standard InChI is InChI=1S/C32H36N4O6/c1-20-8-6-9-21(2)27(20)35-29(39)28(23-10-7-11-25(38)19-23)36(17-16-33)30(40)26(34-31(41)42-32(3,4)5)18-22-12-14-24(37)15-13-22/h6-15,19,26,28,37-38H,17-18H2,1-5H3,(H,34,41)(H,35,39). The summed E-state index contributed by atoms with van der Waals surface area (Å²) in [6, 6.07) is 16.9. The molecule has 3 aromatic carbocycles. The minimum Gasteiger partial charge on any atom is -0.508 e. The van der Waals surface area contributed by atoms with Crippen molar-refractivity contribution in [2.45, 2.75) is 58.7 Å². The number of nitrogens with zero attached hydrogens (tertiary/aromatic N) is 2. The van der Waals surface area contributed by atoms with E-state index < -0.39 is 42.1 Å². The van der Waals surface area contributed by atoms with Crippen molar-refractivity contribution < 1.29 is 29.3 Å². The minimum atomic E-state index is -1.34. The van der Waals surface area contributed by atoms with Gasteiger partial charge in [-0.15, -0.1) is 0 Å². The lowest BCUT2D eigenvalue weighted by Gasteiger charge is -2.33. The largest absolute Gasteiger partial charge is 0.508 e. The first-order valence-corrected chi connectivity index (χ1v) is 13.4. The molecule has 3 aromatic rings. The number of rotatable bonds is 9. The summed E-state index contributed by atoms with van der Waals surface area (Å²) in [5.74, 6) is -1.43. The molecule has 0 aliphatic rings. The van der Waals surface area contributed by atoms with Crippen LogP contribution in [0.15, 0.2) is 66.7 Å². The molecule has 3 amide bonds. The van der Waals surface area contributed by atoms with Crippen LogP contribution in [0.25, 0.3) is 0 Å². The number of carbonyl (C=O) groups excluding carboxylic acids is 3. The highest BCUT2D eigenvalue weighted by Crippen LogP contribution is 2.29. The first-order chi connectivity index (χ1) is 19.8. The van der Waals surface area contributed by atoms with E-state index in [1.165, 1.54) is 30.3 Å². The Morgan fingerprint density at radius 1 is 0.952 bits per heavy atom. The number of amides is 3. The first kappa shape index (κ1) is 31.5. The van der Waals surface area contributed by atoms with Crippen LogP contribution in [0.1, 0.15) is 49.1 Å². The van der Waals surface area contributed by atoms with Gasteiger partial charge < -0.3 is 30.5 Å². The minimum absolute atomic E-state index is 0.0223. The number of phenols is 2. The van der Waals surface area contributed by atoms with Gasteiger partial charge >= 0.3 is 6.09 Å². The molecule has 4 N–H and O–H groups in total. The maximum absolute atomic E-state index is 14.2. The van der Waals surface area contributed by atoms with Crippen molar-refractivity contribution >= 4 is 23.6 Å². The van der Waals surface area contributed by atoms with Crippen LogP contribution >= 0.6 is 0 Å². The molecule has 0 aliphatic heterocycles. The molecule has 0 aliphatic carbocycles. The number of anilines is 1. The maximum atomic E-state index is 14.2. The number of phenolic OH excluding ortho intramolecular Hbond substituents is 2. The fourth-order valence-corrected chi connectivity index (χ4v) is 4.46. The van der Waals surface area contributed by atoms with E-state index in [1.54, 1.807) is 39.0 Å². The molecule has 220 valence electrons. The number of hydrogen-bond donors (Lipinski definition) is 4. The number of ether oxygens (including phenoxy) is 1. The van der Waals surface area contributed by atoms with Gasteiger partial charge in [-0.25, -0.2) is 4.79 Å². The van der Waals surface area contributed by atoms with Crippen molar-refractivity contribution in [1.29, 1.82) is 5.26 Å². The van der Waals surface area contributed by atoms with E-state index >= 15 is 0 Å². The zero-order valence-corrected chi connectivity index (χ0v) is 24.3. The van der Waals surface area contributed by atoms with Crippen molar-refractivity contribution in [3.8, 4) is 17.6 Å². The van der Waals surface area contributed by atoms with Gasteiger partial charge in [0.25, 0.3) is 5.91 Å². The number of alkyl carbamates (subject to hydrolysis) is 1. The van der Waals surface area contributed by atoms with Gasteiger partial charge in [0.15, 0.2) is 0 Å². The van der Waals surface area contributed by atoms with E-state index in [2.05, 4.69) is 10.6 Å². The molecular formula is C32H36N4O6. The van der Waals surface area contributed by atoms with Crippen LogP contribution in [0.4, 0.5) is 10.5 Å². The Labute approximate surface area is 245 Å². The van der Waals surface area contributed by atoms with E-state index in [0.717, 1.165) is 16.0 Å². The van der Waals surface area contributed by atoms with Crippen molar-refractivity contribution in [3.05, 3.63) is 89.0 Å². The number of carbonyl (C=O) groups is 3. The zero-order valence-electron chi connectivity index (χ0n) is 24.3. The molecule has 0 radical (unpaired) electrons. The third-order valence-corrected chi connectivity index (χ3v) is 6.36. The van der Waals surface area contributed by atoms with Gasteiger partial charge in [-0.3, -0.25) is 9.59 Å². The van der Waals surface area contributed by atoms with Crippen molar-refractivity contribution in [2.75, 3.05) is 11.9 Å². The number of aryl methyl sites for hydroxylation is 2. The lowest BCUT2D eigenvalue weighted by molar-refractivity contribution is -0.140. The van der Waals surface area contributed by atoms with Crippen LogP contribution in [0.5, 0.6) is 11.5 Å². The molecule has 0 saturated carbocycles. The Bertz CT molecular complexity index is 1450. The zero-order chi connectivity index (χ0) is 31.0. The normalized spacial score (nSPS) is 12.4. The number of nitriles is 1. The molecule has 10 heteroatoms. The van der Waals surface area contributed by atoms with Gasteiger partial charge in [0.2, 0.25) is 5.91 Å². The van der Waals surface area contributed by atoms with Crippen LogP contribution in [-0.4, -0.2) is 51.2 Å². The number of para-hydroxylation sites is 1. The summed E-state index contributed by atoms with van der Waals surface area (Å²) in [6.07, 6.45) is -0.878. The van der Waals surface area contributed by atoms with Gasteiger partial charge in [0.05, 0.1) is 6.07 Å². The van der Waals surface area contributed by atoms with Crippen molar-refractivity contribution in [3.63, 3.8) is 0 Å². The molecule has 10 nitrogen and oxygen atoms in total. The molecule has 0 saturated heterocycles. The molecular weight excluding hydrogens is 536 g/mol. The van der Waals surface area contributed by atoms with Gasteiger partial charge in [0, 0.05) is 12.1 Å². The highest BCUT2D eigenvalue weighted by Gasteiger charge is 2.37. The molecule has 0 fully saturated rings. The second kappa shape index (κ2) is 13.5. The summed E-state index contributed by atoms with van der Waals surface area (Å²) in [7, 11) is 0. The van der Waals surface area contributed by atoms with Gasteiger partial charge in [-0.05, 0) is 81.1 Å². The molecule has 3 rings (SSSR count). The molecule has 0 aromatic heterocycles. The molecule has 0 heterocycles. The third-order valence-electron chi connectivity index (χ3n) is 6.36. The lowest BCUT2D eigenvalue weighted by atomic mass is 9.99. The Morgan fingerprint density at radius 2 is 1.57 bits per heavy atom. The van der Waals surface area contributed by atoms with E-state index in [-0.39, 0.29) is 23.5 Å². The second-order valence-electron chi connectivity index (χ2n) is 10.9. The predicted octanol–water partition coefficient (Wildman–Crippen LogP) is 4.88. The quantitative estimate of drug-likeness (QED) is 0.267. The number of aromatic hydroxyl groups is 2. The maximum Gasteiger partial charge on any atom is 0.408 e. The highest BCUT2D eigenvalue weighted by molar-refractivity contribution is 6.00. The number of hydrogen-bond acceptors (Lipinski definition) is 7. The lowest BCUT2D eigenvalue weighted by Crippen LogP contribution is -2.53. The van der Waals surface area contributed by atoms with E-state index in [0.29, 0.717) is 11.3 Å². The topological polar surface area (TPSA) is 152 Å². The Balaban J connectivity index is 2.08. The van der Waals surface area contributed by atoms with Crippen LogP contribution in [0.2, 0.25) is 0 Å². The second-order valence-corrected chi connectivity index (χ2v) is 10.9. The highest BCUT2D eigenvalue weighted by atomic mass is 16.6. The van der Waals surface area contributed by atoms with Crippen molar-refractivity contribution in [1.82, 2.24) is 10.2 Å². The molecule has 0 spiro atoms. The van der Waals surface area contributed by atoms with Gasteiger partial charge in [-0.1, -0.05) is 42.5 Å². The third kappa shape index (κ3) is 8.48. The van der Waals surface area contributed by atoms with Gasteiger partial charge in [0.1, 0.15) is 35.7 Å². The van der Waals surface area contributed by atoms with E-state index in [4.69, 9.17) is 4.74 Å². The van der Waals surface area contributed by atoms with Crippen LogP contribution in [0.3, 0.4) is 0 Å². The molecule has 2 atom stereocenters. The summed E-state index contributed by atoms with van der Waals surface area (Å²) >= 11 is 0. The molecule has 0 bridgehead atoms. The van der Waals surface area contributed by atoms with E-state index in [1.807, 2.05) is 38.1 Å². The summed E-state index contributed by atoms with van der Waals surface area (Å²) in [5, 5.41) is 35.2. The smallest absolute Gasteiger partial charge is 0.408 e. The fraction of sp³-hybridized carbons (Fsp3) is 0.312. The number of benzene rings is 3. The Kier molecular flexibility index (Phi) is 10.2. The first-order valence-electron chi connectivity index (χ1n) is 13.4. The van der Waals surface area contributed by atoms with Crippen LogP contribution < -0.4 is 10.6 Å². The number of nitrogens with one attached hydrogen (secondary N) is 2. The predicted molar refractivity (Wildman–Crippen MR) is 158 cm³/mol. The summed E-state index contributed by atoms with van der Waals surface area (Å²) in [5.41, 5.74) is 2.18. The Hall–Kier alpha value is -5.04. The van der Waals surface area contributed by atoms with Crippen molar-refractivity contribution in [2.24, 2.45) is 0 Å².